The number of rotatable bonds is 11. The van der Waals surface area contributed by atoms with Gasteiger partial charge in [-0.2, -0.15) is 0 Å². The molecule has 2 heterocycles. The molecular formula is C21H29N3O5S. The van der Waals surface area contributed by atoms with E-state index in [9.17, 15) is 14.7 Å². The Balaban J connectivity index is 2.25. The van der Waals surface area contributed by atoms with Gasteiger partial charge in [0.15, 0.2) is 0 Å². The van der Waals surface area contributed by atoms with Gasteiger partial charge in [-0.25, -0.2) is 9.78 Å². The number of ether oxygens (including phenoxy) is 2. The number of aromatic nitrogens is 2. The van der Waals surface area contributed by atoms with E-state index in [-0.39, 0.29) is 25.4 Å². The summed E-state index contributed by atoms with van der Waals surface area (Å²) in [6.07, 6.45) is 4.44. The predicted octanol–water partition coefficient (Wildman–Crippen LogP) is 1.94. The second-order valence-electron chi connectivity index (χ2n) is 7.43. The highest BCUT2D eigenvalue weighted by Gasteiger charge is 2.21. The first-order chi connectivity index (χ1) is 14.3. The zero-order valence-electron chi connectivity index (χ0n) is 17.9. The van der Waals surface area contributed by atoms with Crippen molar-refractivity contribution in [1.82, 2.24) is 14.9 Å². The Morgan fingerprint density at radius 2 is 2.13 bits per heavy atom. The molecular weight excluding hydrogens is 406 g/mol. The number of terminal acetylenes is 1. The van der Waals surface area contributed by atoms with Crippen LogP contribution in [0, 0.1) is 25.2 Å². The summed E-state index contributed by atoms with van der Waals surface area (Å²) in [5.41, 5.74) is 0.288. The minimum absolute atomic E-state index is 0.134. The molecule has 8 nitrogen and oxygen atoms in total. The number of hydrogen-bond donors (Lipinski definition) is 2. The van der Waals surface area contributed by atoms with E-state index in [0.717, 1.165) is 11.3 Å². The van der Waals surface area contributed by atoms with E-state index in [1.54, 1.807) is 13.8 Å². The number of aliphatic hydroxyl groups excluding tert-OH is 1. The Kier molecular flexibility index (Phi) is 8.99. The van der Waals surface area contributed by atoms with Gasteiger partial charge in [-0.05, 0) is 25.3 Å². The van der Waals surface area contributed by atoms with Crippen LogP contribution in [-0.4, -0.2) is 65.0 Å². The van der Waals surface area contributed by atoms with E-state index < -0.39 is 12.1 Å². The highest BCUT2D eigenvalue weighted by molar-refractivity contribution is 7.20. The molecule has 2 N–H and O–H groups in total. The van der Waals surface area contributed by atoms with Crippen LogP contribution in [0.4, 0.5) is 0 Å². The fourth-order valence-electron chi connectivity index (χ4n) is 3.19. The first kappa shape index (κ1) is 24.0. The summed E-state index contributed by atoms with van der Waals surface area (Å²) in [4.78, 5) is 35.1. The summed E-state index contributed by atoms with van der Waals surface area (Å²) >= 11 is 1.16. The number of esters is 1. The second-order valence-corrected chi connectivity index (χ2v) is 8.43. The van der Waals surface area contributed by atoms with Crippen molar-refractivity contribution in [3.63, 3.8) is 0 Å². The highest BCUT2D eigenvalue weighted by Crippen LogP contribution is 2.27. The highest BCUT2D eigenvalue weighted by atomic mass is 32.1. The number of hydrogen-bond acceptors (Lipinski definition) is 8. The molecule has 2 aromatic heterocycles. The maximum Gasteiger partial charge on any atom is 0.348 e. The summed E-state index contributed by atoms with van der Waals surface area (Å²) in [5.74, 6) is 2.74. The lowest BCUT2D eigenvalue weighted by Crippen LogP contribution is -2.37. The minimum Gasteiger partial charge on any atom is -0.462 e. The molecule has 9 heteroatoms. The van der Waals surface area contributed by atoms with E-state index in [1.165, 1.54) is 0 Å². The monoisotopic (exact) mass is 435 g/mol. The first-order valence-corrected chi connectivity index (χ1v) is 10.7. The third-order valence-electron chi connectivity index (χ3n) is 4.27. The van der Waals surface area contributed by atoms with Gasteiger partial charge in [0.25, 0.3) is 5.56 Å². The van der Waals surface area contributed by atoms with Crippen molar-refractivity contribution >= 4 is 27.5 Å². The van der Waals surface area contributed by atoms with Crippen LogP contribution in [0.15, 0.2) is 4.79 Å². The van der Waals surface area contributed by atoms with Crippen LogP contribution in [0.3, 0.4) is 0 Å². The Hall–Kier alpha value is -2.25. The summed E-state index contributed by atoms with van der Waals surface area (Å²) in [6, 6.07) is 0. The fraction of sp³-hybridized carbons (Fsp3) is 0.571. The largest absolute Gasteiger partial charge is 0.462 e. The van der Waals surface area contributed by atoms with Gasteiger partial charge in [-0.3, -0.25) is 9.69 Å². The van der Waals surface area contributed by atoms with Gasteiger partial charge < -0.3 is 19.6 Å². The molecule has 164 valence electrons. The fourth-order valence-corrected chi connectivity index (χ4v) is 4.29. The number of aliphatic hydroxyl groups is 1. The molecule has 0 aromatic carbocycles. The maximum absolute atomic E-state index is 12.7. The van der Waals surface area contributed by atoms with Crippen molar-refractivity contribution in [2.45, 2.75) is 40.3 Å². The van der Waals surface area contributed by atoms with E-state index in [0.29, 0.717) is 52.0 Å². The summed E-state index contributed by atoms with van der Waals surface area (Å²) in [6.45, 7) is 9.54. The zero-order chi connectivity index (χ0) is 22.3. The number of H-pyrrole nitrogens is 1. The Morgan fingerprint density at radius 1 is 1.40 bits per heavy atom. The van der Waals surface area contributed by atoms with Crippen LogP contribution in [0.5, 0.6) is 0 Å². The quantitative estimate of drug-likeness (QED) is 0.316. The molecule has 0 spiro atoms. The van der Waals surface area contributed by atoms with Gasteiger partial charge >= 0.3 is 5.97 Å². The molecule has 0 aliphatic heterocycles. The van der Waals surface area contributed by atoms with Crippen molar-refractivity contribution < 1.29 is 19.4 Å². The van der Waals surface area contributed by atoms with Gasteiger partial charge in [-0.1, -0.05) is 19.8 Å². The first-order valence-electron chi connectivity index (χ1n) is 9.87. The van der Waals surface area contributed by atoms with E-state index in [4.69, 9.17) is 15.9 Å². The van der Waals surface area contributed by atoms with E-state index >= 15 is 0 Å². The number of fused-ring (bicyclic) bond motifs is 1. The third kappa shape index (κ3) is 6.37. The molecule has 0 aliphatic rings. The Morgan fingerprint density at radius 3 is 2.77 bits per heavy atom. The molecule has 0 radical (unpaired) electrons. The number of carbonyl (C=O) groups is 1. The van der Waals surface area contributed by atoms with E-state index in [1.807, 2.05) is 4.90 Å². The lowest BCUT2D eigenvalue weighted by atomic mass is 10.2. The number of nitrogens with zero attached hydrogens (tertiary/aromatic N) is 2. The van der Waals surface area contributed by atoms with Crippen molar-refractivity contribution in [3.05, 3.63) is 26.6 Å². The Bertz CT molecular complexity index is 960. The summed E-state index contributed by atoms with van der Waals surface area (Å²) in [5, 5.41) is 10.6. The van der Waals surface area contributed by atoms with Gasteiger partial charge in [0.2, 0.25) is 0 Å². The number of nitrogens with one attached hydrogen (secondary N) is 1. The maximum atomic E-state index is 12.7. The van der Waals surface area contributed by atoms with Crippen molar-refractivity contribution in [3.8, 4) is 12.3 Å². The lowest BCUT2D eigenvalue weighted by Gasteiger charge is -2.26. The number of carbonyl (C=O) groups excluding carboxylic acids is 1. The van der Waals surface area contributed by atoms with E-state index in [2.05, 4.69) is 29.7 Å². The summed E-state index contributed by atoms with van der Waals surface area (Å²) in [7, 11) is 0. The van der Waals surface area contributed by atoms with Crippen LogP contribution < -0.4 is 5.56 Å². The second kappa shape index (κ2) is 11.2. The molecule has 0 amide bonds. The third-order valence-corrected chi connectivity index (χ3v) is 5.44. The molecule has 0 saturated heterocycles. The van der Waals surface area contributed by atoms with Crippen LogP contribution in [0.25, 0.3) is 10.2 Å². The average molecular weight is 436 g/mol. The van der Waals surface area contributed by atoms with Crippen LogP contribution in [0.1, 0.15) is 41.8 Å². The molecule has 2 aromatic rings. The number of thiophene rings is 1. The lowest BCUT2D eigenvalue weighted by molar-refractivity contribution is 0.0232. The SMILES string of the molecule is C#CCOC[C@@H](O)CN(Cc1nc2sc(C(=O)OCC)c(C)c2c(=O)[nH]1)CC(C)C. The molecule has 30 heavy (non-hydrogen) atoms. The van der Waals surface area contributed by atoms with Gasteiger partial charge in [0, 0.05) is 13.1 Å². The molecule has 0 fully saturated rings. The van der Waals surface area contributed by atoms with Crippen molar-refractivity contribution in [1.29, 1.82) is 0 Å². The predicted molar refractivity (Wildman–Crippen MR) is 117 cm³/mol. The molecule has 1 atom stereocenters. The average Bonchev–Trinajstić information content (AvgIpc) is 2.98. The number of aromatic amines is 1. The molecule has 0 saturated carbocycles. The number of aryl methyl sites for hydroxylation is 1. The molecule has 2 rings (SSSR count). The van der Waals surface area contributed by atoms with Gasteiger partial charge in [-0.15, -0.1) is 17.8 Å². The smallest absolute Gasteiger partial charge is 0.348 e. The van der Waals surface area contributed by atoms with Crippen molar-refractivity contribution in [2.24, 2.45) is 5.92 Å². The van der Waals surface area contributed by atoms with Crippen molar-refractivity contribution in [2.75, 3.05) is 32.9 Å². The molecule has 0 unspecified atom stereocenters. The normalized spacial score (nSPS) is 12.5. The molecule has 0 bridgehead atoms. The van der Waals surface area contributed by atoms with Crippen LogP contribution in [-0.2, 0) is 16.0 Å². The van der Waals surface area contributed by atoms with Crippen LogP contribution in [0.2, 0.25) is 0 Å². The molecule has 0 aliphatic carbocycles. The van der Waals surface area contributed by atoms with Crippen LogP contribution >= 0.6 is 11.3 Å². The standard InChI is InChI=1S/C21H29N3O5S/c1-6-8-28-12-15(25)10-24(9-13(3)4)11-16-22-19(26)17-14(5)18(21(27)29-7-2)30-20(17)23-16/h1,13,15,25H,7-12H2,2-5H3,(H,22,23,26)/t15-/m0/s1. The minimum atomic E-state index is -0.716. The Labute approximate surface area is 180 Å². The summed E-state index contributed by atoms with van der Waals surface area (Å²) < 4.78 is 10.3. The topological polar surface area (TPSA) is 105 Å². The van der Waals surface area contributed by atoms with Gasteiger partial charge in [0.05, 0.1) is 31.2 Å². The zero-order valence-corrected chi connectivity index (χ0v) is 18.7. The van der Waals surface area contributed by atoms with Gasteiger partial charge in [0.1, 0.15) is 22.1 Å².